The minimum absolute atomic E-state index is 0.843. The van der Waals surface area contributed by atoms with Gasteiger partial charge in [0.15, 0.2) is 0 Å². The van der Waals surface area contributed by atoms with E-state index in [2.05, 4.69) is 174 Å². The summed E-state index contributed by atoms with van der Waals surface area (Å²) in [5.41, 5.74) is 11.8. The molecule has 0 saturated carbocycles. The molecule has 0 spiro atoms. The van der Waals surface area contributed by atoms with Crippen molar-refractivity contribution in [2.75, 3.05) is 0 Å². The van der Waals surface area contributed by atoms with Gasteiger partial charge in [-0.1, -0.05) is 140 Å². The van der Waals surface area contributed by atoms with Crippen LogP contribution in [0, 0.1) is 0 Å². The number of aromatic nitrogens is 3. The third kappa shape index (κ3) is 4.37. The van der Waals surface area contributed by atoms with Crippen LogP contribution in [0.4, 0.5) is 0 Å². The van der Waals surface area contributed by atoms with Gasteiger partial charge in [-0.3, -0.25) is 4.98 Å². The molecule has 49 heavy (non-hydrogen) atoms. The van der Waals surface area contributed by atoms with E-state index in [1.165, 1.54) is 43.7 Å². The second kappa shape index (κ2) is 11.0. The van der Waals surface area contributed by atoms with Gasteiger partial charge in [0.2, 0.25) is 0 Å². The number of benzene rings is 8. The van der Waals surface area contributed by atoms with Crippen LogP contribution in [-0.4, -0.2) is 14.5 Å². The fraction of sp³-hybridized carbons (Fsp3) is 0. The summed E-state index contributed by atoms with van der Waals surface area (Å²) in [6, 6.07) is 60.4. The zero-order valence-electron chi connectivity index (χ0n) is 26.6. The van der Waals surface area contributed by atoms with Crippen molar-refractivity contribution < 1.29 is 0 Å². The smallest absolute Gasteiger partial charge is 0.0979 e. The van der Waals surface area contributed by atoms with E-state index in [-0.39, 0.29) is 0 Å². The molecule has 8 aromatic carbocycles. The predicted molar refractivity (Wildman–Crippen MR) is 205 cm³/mol. The van der Waals surface area contributed by atoms with Crippen molar-refractivity contribution in [3.63, 3.8) is 0 Å². The molecule has 0 fully saturated rings. The first-order valence-electron chi connectivity index (χ1n) is 16.7. The SMILES string of the molecule is c1ccc(-c2ccc3c4ccc(-c5ccccc5)cc4c4nc(-c5ccccc5-n5c6ccccc6c6ccccc65)cnc4c3c2)cc1. The molecule has 0 aliphatic heterocycles. The Morgan fingerprint density at radius 1 is 0.367 bits per heavy atom. The van der Waals surface area contributed by atoms with Gasteiger partial charge in [0.25, 0.3) is 0 Å². The normalized spacial score (nSPS) is 11.7. The number of hydrogen-bond donors (Lipinski definition) is 0. The molecular weight excluding hydrogens is 595 g/mol. The van der Waals surface area contributed by atoms with Gasteiger partial charge in [0.05, 0.1) is 39.6 Å². The first-order valence-corrected chi connectivity index (χ1v) is 16.7. The molecule has 3 nitrogen and oxygen atoms in total. The minimum atomic E-state index is 0.843. The zero-order valence-corrected chi connectivity index (χ0v) is 26.6. The van der Waals surface area contributed by atoms with Gasteiger partial charge in [0, 0.05) is 27.1 Å². The lowest BCUT2D eigenvalue weighted by Gasteiger charge is -2.15. The van der Waals surface area contributed by atoms with Gasteiger partial charge >= 0.3 is 0 Å². The molecule has 0 radical (unpaired) electrons. The van der Waals surface area contributed by atoms with E-state index in [4.69, 9.17) is 9.97 Å². The quantitative estimate of drug-likeness (QED) is 0.183. The number of hydrogen-bond acceptors (Lipinski definition) is 2. The first kappa shape index (κ1) is 27.5. The van der Waals surface area contributed by atoms with Crippen LogP contribution in [0.3, 0.4) is 0 Å². The van der Waals surface area contributed by atoms with Crippen molar-refractivity contribution in [3.05, 3.63) is 176 Å². The molecule has 0 unspecified atom stereocenters. The van der Waals surface area contributed by atoms with Gasteiger partial charge in [-0.2, -0.15) is 0 Å². The summed E-state index contributed by atoms with van der Waals surface area (Å²) in [7, 11) is 0. The molecule has 2 heterocycles. The molecule has 0 amide bonds. The highest BCUT2D eigenvalue weighted by molar-refractivity contribution is 6.24. The third-order valence-corrected chi connectivity index (χ3v) is 9.83. The Morgan fingerprint density at radius 2 is 0.878 bits per heavy atom. The lowest BCUT2D eigenvalue weighted by atomic mass is 9.93. The molecule has 0 saturated heterocycles. The molecule has 10 aromatic rings. The van der Waals surface area contributed by atoms with Crippen molar-refractivity contribution >= 4 is 54.4 Å². The first-order chi connectivity index (χ1) is 24.3. The van der Waals surface area contributed by atoms with E-state index in [0.717, 1.165) is 49.9 Å². The molecule has 0 atom stereocenters. The average molecular weight is 624 g/mol. The van der Waals surface area contributed by atoms with Crippen molar-refractivity contribution in [1.82, 2.24) is 14.5 Å². The zero-order chi connectivity index (χ0) is 32.3. The monoisotopic (exact) mass is 623 g/mol. The lowest BCUT2D eigenvalue weighted by Crippen LogP contribution is -1.99. The molecule has 0 N–H and O–H groups in total. The Balaban J connectivity index is 1.27. The Hall–Kier alpha value is -6.58. The maximum atomic E-state index is 5.52. The molecular formula is C46H29N3. The largest absolute Gasteiger partial charge is 0.309 e. The van der Waals surface area contributed by atoms with Crippen LogP contribution in [0.15, 0.2) is 176 Å². The Labute approximate surface area is 283 Å². The van der Waals surface area contributed by atoms with E-state index in [9.17, 15) is 0 Å². The molecule has 0 aliphatic rings. The van der Waals surface area contributed by atoms with Crippen LogP contribution in [0.5, 0.6) is 0 Å². The fourth-order valence-electron chi connectivity index (χ4n) is 7.54. The van der Waals surface area contributed by atoms with Gasteiger partial charge in [-0.25, -0.2) is 4.98 Å². The van der Waals surface area contributed by atoms with E-state index in [1.54, 1.807) is 0 Å². The molecule has 0 aliphatic carbocycles. The van der Waals surface area contributed by atoms with Crippen molar-refractivity contribution in [2.45, 2.75) is 0 Å². The van der Waals surface area contributed by atoms with E-state index >= 15 is 0 Å². The summed E-state index contributed by atoms with van der Waals surface area (Å²) < 4.78 is 2.37. The number of para-hydroxylation sites is 3. The van der Waals surface area contributed by atoms with E-state index in [1.807, 2.05) is 6.20 Å². The topological polar surface area (TPSA) is 30.7 Å². The highest BCUT2D eigenvalue weighted by Crippen LogP contribution is 2.40. The Morgan fingerprint density at radius 3 is 1.49 bits per heavy atom. The third-order valence-electron chi connectivity index (χ3n) is 9.83. The van der Waals surface area contributed by atoms with Crippen LogP contribution in [0.1, 0.15) is 0 Å². The van der Waals surface area contributed by atoms with Crippen molar-refractivity contribution in [3.8, 4) is 39.2 Å². The number of fused-ring (bicyclic) bond motifs is 9. The molecule has 228 valence electrons. The summed E-state index contributed by atoms with van der Waals surface area (Å²) in [6.07, 6.45) is 1.95. The van der Waals surface area contributed by atoms with Gasteiger partial charge in [-0.05, 0) is 63.4 Å². The maximum absolute atomic E-state index is 5.52. The van der Waals surface area contributed by atoms with Crippen LogP contribution in [-0.2, 0) is 0 Å². The van der Waals surface area contributed by atoms with Crippen LogP contribution >= 0.6 is 0 Å². The van der Waals surface area contributed by atoms with Crippen molar-refractivity contribution in [1.29, 1.82) is 0 Å². The van der Waals surface area contributed by atoms with Crippen molar-refractivity contribution in [2.24, 2.45) is 0 Å². The van der Waals surface area contributed by atoms with Gasteiger partial charge < -0.3 is 4.57 Å². The van der Waals surface area contributed by atoms with Gasteiger partial charge in [-0.15, -0.1) is 0 Å². The Bertz CT molecular complexity index is 2820. The second-order valence-corrected chi connectivity index (χ2v) is 12.6. The number of nitrogens with zero attached hydrogens (tertiary/aromatic N) is 3. The van der Waals surface area contributed by atoms with Crippen LogP contribution < -0.4 is 0 Å². The average Bonchev–Trinajstić information content (AvgIpc) is 3.52. The fourth-order valence-corrected chi connectivity index (χ4v) is 7.54. The highest BCUT2D eigenvalue weighted by Gasteiger charge is 2.18. The highest BCUT2D eigenvalue weighted by atomic mass is 15.0. The number of rotatable bonds is 4. The summed E-state index contributed by atoms with van der Waals surface area (Å²) >= 11 is 0. The summed E-state index contributed by atoms with van der Waals surface area (Å²) in [5, 5.41) is 7.01. The van der Waals surface area contributed by atoms with E-state index in [0.29, 0.717) is 0 Å². The molecule has 2 aromatic heterocycles. The molecule has 0 bridgehead atoms. The van der Waals surface area contributed by atoms with Crippen LogP contribution in [0.25, 0.3) is 93.6 Å². The second-order valence-electron chi connectivity index (χ2n) is 12.6. The minimum Gasteiger partial charge on any atom is -0.309 e. The Kier molecular flexibility index (Phi) is 6.18. The summed E-state index contributed by atoms with van der Waals surface area (Å²) in [4.78, 5) is 10.8. The molecule has 3 heteroatoms. The van der Waals surface area contributed by atoms with Gasteiger partial charge in [0.1, 0.15) is 0 Å². The predicted octanol–water partition coefficient (Wildman–Crippen LogP) is 12.0. The van der Waals surface area contributed by atoms with Crippen LogP contribution in [0.2, 0.25) is 0 Å². The molecule has 10 rings (SSSR count). The summed E-state index contributed by atoms with van der Waals surface area (Å²) in [6.45, 7) is 0. The summed E-state index contributed by atoms with van der Waals surface area (Å²) in [5.74, 6) is 0. The standard InChI is InChI=1S/C46H29N3/c1-3-13-30(14-4-1)32-23-25-34-35-26-24-33(31-15-5-2-6-16-31)28-40(35)46-45(39(34)27-32)47-29-41(48-46)38-19-9-12-22-44(38)49-42-20-10-7-17-36(42)37-18-8-11-21-43(37)49/h1-29H. The maximum Gasteiger partial charge on any atom is 0.0979 e. The lowest BCUT2D eigenvalue weighted by molar-refractivity contribution is 1.17. The van der Waals surface area contributed by atoms with E-state index < -0.39 is 0 Å².